The Morgan fingerprint density at radius 1 is 0.861 bits per heavy atom. The van der Waals surface area contributed by atoms with Gasteiger partial charge in [-0.05, 0) is 117 Å². The van der Waals surface area contributed by atoms with E-state index in [2.05, 4.69) is 6.08 Å². The van der Waals surface area contributed by atoms with Gasteiger partial charge in [0.2, 0.25) is 6.29 Å². The van der Waals surface area contributed by atoms with Crippen LogP contribution in [-0.4, -0.2) is 135 Å². The van der Waals surface area contributed by atoms with Gasteiger partial charge in [0.05, 0.1) is 43.2 Å². The molecule has 2 aromatic carbocycles. The zero-order valence-corrected chi connectivity index (χ0v) is 42.0. The molecule has 5 unspecified atom stereocenters. The summed E-state index contributed by atoms with van der Waals surface area (Å²) in [5.74, 6) is -3.20. The smallest absolute Gasteiger partial charge is 0.343 e. The van der Waals surface area contributed by atoms with Crippen molar-refractivity contribution in [3.8, 4) is 23.0 Å². The summed E-state index contributed by atoms with van der Waals surface area (Å²) in [7, 11) is 0. The molecule has 4 aliphatic heterocycles. The molecule has 0 aromatic heterocycles. The van der Waals surface area contributed by atoms with Crippen LogP contribution >= 0.6 is 0 Å². The summed E-state index contributed by atoms with van der Waals surface area (Å²) in [6.45, 7) is 14.5. The molecular formula is C55H66O17. The second-order valence-electron chi connectivity index (χ2n) is 20.6. The maximum Gasteiger partial charge on any atom is 0.343 e. The molecule has 4 bridgehead atoms. The second-order valence-corrected chi connectivity index (χ2v) is 20.6. The summed E-state index contributed by atoms with van der Waals surface area (Å²) >= 11 is 0. The molecule has 4 heterocycles. The van der Waals surface area contributed by atoms with Gasteiger partial charge in [-0.1, -0.05) is 35.5 Å². The van der Waals surface area contributed by atoms with Gasteiger partial charge in [-0.2, -0.15) is 0 Å². The van der Waals surface area contributed by atoms with Crippen molar-refractivity contribution >= 4 is 29.6 Å². The highest BCUT2D eigenvalue weighted by Crippen LogP contribution is 2.69. The number of aliphatic hydroxyl groups excluding tert-OH is 5. The molecular weight excluding hydrogens is 933 g/mol. The molecule has 7 aliphatic rings. The first-order valence-corrected chi connectivity index (χ1v) is 24.5. The molecule has 9 rings (SSSR count). The van der Waals surface area contributed by atoms with Crippen molar-refractivity contribution in [2.24, 2.45) is 11.8 Å². The van der Waals surface area contributed by atoms with Gasteiger partial charge in [0.15, 0.2) is 28.5 Å². The van der Waals surface area contributed by atoms with Crippen molar-refractivity contribution in [3.63, 3.8) is 0 Å². The minimum absolute atomic E-state index is 0.0345. The average Bonchev–Trinajstić information content (AvgIpc) is 3.49. The number of hydrogen-bond donors (Lipinski definition) is 5. The summed E-state index contributed by atoms with van der Waals surface area (Å²) in [5, 5.41) is 49.7. The monoisotopic (exact) mass is 998 g/mol. The largest absolute Gasteiger partial charge is 0.482 e. The number of ether oxygens (including phenoxy) is 8. The quantitative estimate of drug-likeness (QED) is 0.0413. The molecule has 3 aliphatic carbocycles. The molecule has 72 heavy (non-hydrogen) atoms. The maximum absolute atomic E-state index is 15.8. The normalized spacial score (nSPS) is 30.5. The lowest BCUT2D eigenvalue weighted by atomic mass is 9.51. The molecule has 2 aromatic rings. The molecule has 10 atom stereocenters. The highest BCUT2D eigenvalue weighted by atomic mass is 16.7. The van der Waals surface area contributed by atoms with E-state index in [9.17, 15) is 30.0 Å². The van der Waals surface area contributed by atoms with Crippen molar-refractivity contribution in [2.45, 2.75) is 141 Å². The molecule has 0 radical (unpaired) electrons. The number of fused-ring (bicyclic) bond motifs is 2. The Balaban J connectivity index is 1.23. The molecule has 3 fully saturated rings. The molecule has 17 heteroatoms. The van der Waals surface area contributed by atoms with Crippen LogP contribution < -0.4 is 18.9 Å². The van der Waals surface area contributed by atoms with E-state index in [-0.39, 0.29) is 84.6 Å². The van der Waals surface area contributed by atoms with Crippen LogP contribution in [0.25, 0.3) is 6.08 Å². The number of carbonyl (C=O) groups excluding carboxylic acids is 4. The first-order chi connectivity index (χ1) is 34.1. The zero-order valence-electron chi connectivity index (χ0n) is 42.0. The number of Topliss-reactive ketones (excluding diaryl/α,β-unsaturated/α-hetero) is 2. The molecule has 5 N–H and O–H groups in total. The maximum atomic E-state index is 15.8. The number of hydrogen-bond acceptors (Lipinski definition) is 17. The van der Waals surface area contributed by atoms with Crippen LogP contribution in [0.15, 0.2) is 76.9 Å². The molecule has 1 saturated carbocycles. The third-order valence-electron chi connectivity index (χ3n) is 14.5. The van der Waals surface area contributed by atoms with Gasteiger partial charge < -0.3 is 63.4 Å². The van der Waals surface area contributed by atoms with E-state index in [1.54, 1.807) is 25.2 Å². The van der Waals surface area contributed by atoms with Gasteiger partial charge in [-0.15, -0.1) is 0 Å². The van der Waals surface area contributed by atoms with E-state index in [1.807, 2.05) is 60.6 Å². The summed E-state index contributed by atoms with van der Waals surface area (Å²) in [5.41, 5.74) is -2.04. The fourth-order valence-electron chi connectivity index (χ4n) is 10.9. The van der Waals surface area contributed by atoms with Crippen molar-refractivity contribution in [1.29, 1.82) is 0 Å². The van der Waals surface area contributed by atoms with E-state index < -0.39 is 89.3 Å². The second kappa shape index (κ2) is 20.4. The fourth-order valence-corrected chi connectivity index (χ4v) is 10.9. The third kappa shape index (κ3) is 9.38. The third-order valence-corrected chi connectivity index (χ3v) is 14.5. The Bertz CT molecular complexity index is 2630. The number of esters is 2. The molecule has 17 nitrogen and oxygen atoms in total. The van der Waals surface area contributed by atoms with Crippen LogP contribution in [0.5, 0.6) is 23.0 Å². The van der Waals surface area contributed by atoms with Crippen LogP contribution in [-0.2, 0) is 35.0 Å². The topological polar surface area (TPSA) is 243 Å². The minimum atomic E-state index is -1.78. The SMILES string of the molecule is CC(C)=CCCC1(C)C=Cc2c(c(CC=C(C)C)c3c(c2OC(=O)c2ccc(O[C@@H]4O[C@H](CO)[C@@H](O)[C@@H](O)[C@H]4O)cc2)C(=O)C2=CC4CC5C(C)(C)OC(C/C=C(/C)C(=O)OCCOCCO)(C4=O)C25O3)O1. The Morgan fingerprint density at radius 2 is 1.58 bits per heavy atom. The van der Waals surface area contributed by atoms with Gasteiger partial charge >= 0.3 is 11.9 Å². The van der Waals surface area contributed by atoms with E-state index in [4.69, 9.17) is 43.0 Å². The van der Waals surface area contributed by atoms with Gasteiger partial charge in [-0.25, -0.2) is 9.59 Å². The Kier molecular flexibility index (Phi) is 15.0. The van der Waals surface area contributed by atoms with Crippen LogP contribution in [0.4, 0.5) is 0 Å². The zero-order chi connectivity index (χ0) is 52.1. The van der Waals surface area contributed by atoms with Gasteiger partial charge in [0.1, 0.15) is 59.4 Å². The van der Waals surface area contributed by atoms with Gasteiger partial charge in [0.25, 0.3) is 0 Å². The number of carbonyl (C=O) groups is 4. The summed E-state index contributed by atoms with van der Waals surface area (Å²) in [6, 6.07) is 5.61. The lowest BCUT2D eigenvalue weighted by molar-refractivity contribution is -0.277. The number of allylic oxidation sites excluding steroid dienone is 5. The van der Waals surface area contributed by atoms with Gasteiger partial charge in [0, 0.05) is 35.0 Å². The predicted octanol–water partition coefficient (Wildman–Crippen LogP) is 5.40. The first-order valence-electron chi connectivity index (χ1n) is 24.5. The van der Waals surface area contributed by atoms with Crippen molar-refractivity contribution in [1.82, 2.24) is 0 Å². The van der Waals surface area contributed by atoms with Crippen molar-refractivity contribution in [3.05, 3.63) is 99.2 Å². The van der Waals surface area contributed by atoms with Crippen LogP contribution in [0.1, 0.15) is 113 Å². The Labute approximate surface area is 418 Å². The summed E-state index contributed by atoms with van der Waals surface area (Å²) < 4.78 is 49.7. The lowest BCUT2D eigenvalue weighted by Crippen LogP contribution is -2.72. The van der Waals surface area contributed by atoms with Crippen LogP contribution in [0.2, 0.25) is 0 Å². The van der Waals surface area contributed by atoms with Crippen LogP contribution in [0, 0.1) is 11.8 Å². The van der Waals surface area contributed by atoms with Gasteiger partial charge in [-0.3, -0.25) is 9.59 Å². The van der Waals surface area contributed by atoms with E-state index in [1.165, 1.54) is 24.3 Å². The molecule has 2 saturated heterocycles. The van der Waals surface area contributed by atoms with Crippen LogP contribution in [0.3, 0.4) is 0 Å². The minimum Gasteiger partial charge on any atom is -0.482 e. The van der Waals surface area contributed by atoms with E-state index in [0.29, 0.717) is 36.1 Å². The molecule has 388 valence electrons. The summed E-state index contributed by atoms with van der Waals surface area (Å²) in [6.07, 6.45) is 5.13. The number of rotatable bonds is 18. The Morgan fingerprint density at radius 3 is 2.26 bits per heavy atom. The molecule has 1 spiro atoms. The fraction of sp³-hybridized carbons (Fsp3) is 0.527. The first kappa shape index (κ1) is 52.8. The number of aliphatic hydroxyl groups is 5. The number of ketones is 2. The summed E-state index contributed by atoms with van der Waals surface area (Å²) in [4.78, 5) is 58.5. The number of benzene rings is 2. The van der Waals surface area contributed by atoms with Crippen molar-refractivity contribution < 1.29 is 82.6 Å². The predicted molar refractivity (Wildman–Crippen MR) is 260 cm³/mol. The molecule has 0 amide bonds. The highest BCUT2D eigenvalue weighted by molar-refractivity contribution is 6.19. The van der Waals surface area contributed by atoms with Crippen molar-refractivity contribution in [2.75, 3.05) is 33.0 Å². The van der Waals surface area contributed by atoms with E-state index >= 15 is 9.59 Å². The Hall–Kier alpha value is -5.50. The lowest BCUT2D eigenvalue weighted by Gasteiger charge is -2.56. The standard InChI is InChI=1S/C55H66O17/c1-29(2)10-9-19-53(8)20-18-36-45(70-53)35(16-11-30(3)4)47-40(46(36)69-50(64)32-12-14-34(15-13-32)67-51-44(61)43(60)42(59)38(28-57)68-51)41(58)37-26-33-27-39-52(6,7)72-54(48(33)62,55(37,39)71-47)21-17-31(5)49(63)66-25-24-65-23-22-56/h10-15,17-18,20,26,33,38-39,42-44,51,56-57,59-61H,9,16,19,21-25,27-28H2,1-8H3/b31-17-/t33?,38-,39?,42-,43-,44-,51-,53?,54?,55?/m1/s1. The average molecular weight is 999 g/mol. The van der Waals surface area contributed by atoms with E-state index in [0.717, 1.165) is 11.1 Å². The highest BCUT2D eigenvalue weighted by Gasteiger charge is 2.81.